The van der Waals surface area contributed by atoms with E-state index in [1.54, 1.807) is 42.6 Å². The van der Waals surface area contributed by atoms with Crippen LogP contribution in [0.15, 0.2) is 65.2 Å². The fourth-order valence-corrected chi connectivity index (χ4v) is 2.63. The quantitative estimate of drug-likeness (QED) is 0.355. The average molecular weight is 405 g/mol. The number of carbonyl (C=O) groups is 2. The van der Waals surface area contributed by atoms with Gasteiger partial charge < -0.3 is 9.73 Å². The first-order valence-electron chi connectivity index (χ1n) is 8.94. The van der Waals surface area contributed by atoms with E-state index in [0.717, 1.165) is 5.56 Å². The van der Waals surface area contributed by atoms with E-state index < -0.39 is 11.8 Å². The molecule has 2 heterocycles. The number of carbonyl (C=O) groups excluding carboxylic acids is 2. The third-order valence-corrected chi connectivity index (χ3v) is 4.16. The smallest absolute Gasteiger partial charge is 0.327 e. The van der Waals surface area contributed by atoms with Crippen LogP contribution in [0.25, 0.3) is 22.6 Å². The summed E-state index contributed by atoms with van der Waals surface area (Å²) in [6, 6.07) is 14.0. The van der Waals surface area contributed by atoms with Crippen molar-refractivity contribution in [3.05, 3.63) is 72.2 Å². The lowest BCUT2D eigenvalue weighted by Gasteiger charge is -2.08. The summed E-state index contributed by atoms with van der Waals surface area (Å²) in [4.78, 5) is 32.5. The number of rotatable bonds is 4. The van der Waals surface area contributed by atoms with Crippen molar-refractivity contribution in [2.24, 2.45) is 0 Å². The van der Waals surface area contributed by atoms with E-state index in [2.05, 4.69) is 26.1 Å². The van der Waals surface area contributed by atoms with Crippen molar-refractivity contribution in [2.45, 2.75) is 6.92 Å². The molecule has 0 bridgehead atoms. The molecule has 2 aromatic heterocycles. The number of anilines is 2. The number of benzene rings is 2. The molecule has 0 unspecified atom stereocenters. The van der Waals surface area contributed by atoms with Gasteiger partial charge in [-0.15, -0.1) is 0 Å². The summed E-state index contributed by atoms with van der Waals surface area (Å²) in [6.07, 6.45) is 1.63. The molecular formula is C21H16FN5O3. The van der Waals surface area contributed by atoms with Crippen LogP contribution in [0.3, 0.4) is 0 Å². The van der Waals surface area contributed by atoms with Gasteiger partial charge in [-0.25, -0.2) is 14.4 Å². The number of nitrogens with one attached hydrogen (secondary N) is 3. The molecule has 0 atom stereocenters. The number of hydrogen-bond donors (Lipinski definition) is 3. The molecule has 9 heteroatoms. The first-order valence-corrected chi connectivity index (χ1v) is 8.94. The fourth-order valence-electron chi connectivity index (χ4n) is 2.63. The number of halogens is 1. The molecule has 0 spiro atoms. The highest BCUT2D eigenvalue weighted by Crippen LogP contribution is 2.26. The molecule has 2 amide bonds. The van der Waals surface area contributed by atoms with Crippen LogP contribution in [-0.4, -0.2) is 21.8 Å². The highest BCUT2D eigenvalue weighted by Gasteiger charge is 2.15. The maximum Gasteiger partial charge on any atom is 0.327 e. The Balaban J connectivity index is 1.42. The van der Waals surface area contributed by atoms with Gasteiger partial charge in [0.25, 0.3) is 0 Å². The van der Waals surface area contributed by atoms with Crippen molar-refractivity contribution >= 4 is 34.4 Å². The predicted molar refractivity (Wildman–Crippen MR) is 109 cm³/mol. The lowest BCUT2D eigenvalue weighted by molar-refractivity contribution is -0.135. The minimum atomic E-state index is -0.887. The molecule has 4 aromatic rings. The number of hydrogen-bond acceptors (Lipinski definition) is 6. The van der Waals surface area contributed by atoms with Crippen molar-refractivity contribution < 1.29 is 18.4 Å². The van der Waals surface area contributed by atoms with Crippen molar-refractivity contribution in [1.29, 1.82) is 0 Å². The number of fused-ring (bicyclic) bond motifs is 1. The Bertz CT molecular complexity index is 1220. The van der Waals surface area contributed by atoms with Crippen LogP contribution in [0.1, 0.15) is 5.56 Å². The minimum Gasteiger partial charge on any atom is -0.436 e. The Morgan fingerprint density at radius 1 is 1.00 bits per heavy atom. The molecule has 0 aliphatic carbocycles. The SMILES string of the molecule is Cc1ccc(NNC(=O)C(=O)Nc2ccc3nc(-c4ccc(F)cc4)oc3c2)nc1. The Kier molecular flexibility index (Phi) is 5.08. The Labute approximate surface area is 170 Å². The van der Waals surface area contributed by atoms with Gasteiger partial charge >= 0.3 is 11.8 Å². The summed E-state index contributed by atoms with van der Waals surface area (Å²) >= 11 is 0. The Hall–Kier alpha value is -4.27. The van der Waals surface area contributed by atoms with E-state index in [1.165, 1.54) is 12.1 Å². The van der Waals surface area contributed by atoms with Crippen molar-refractivity contribution in [1.82, 2.24) is 15.4 Å². The van der Waals surface area contributed by atoms with Crippen LogP contribution in [0.4, 0.5) is 15.9 Å². The molecule has 0 saturated carbocycles. The Morgan fingerprint density at radius 3 is 2.53 bits per heavy atom. The van der Waals surface area contributed by atoms with Gasteiger partial charge in [0.1, 0.15) is 17.2 Å². The molecule has 0 aliphatic heterocycles. The van der Waals surface area contributed by atoms with Crippen LogP contribution < -0.4 is 16.2 Å². The molecule has 4 rings (SSSR count). The molecule has 2 aromatic carbocycles. The maximum absolute atomic E-state index is 13.1. The monoisotopic (exact) mass is 405 g/mol. The molecule has 30 heavy (non-hydrogen) atoms. The minimum absolute atomic E-state index is 0.320. The normalized spacial score (nSPS) is 10.6. The molecule has 0 aliphatic rings. The molecule has 8 nitrogen and oxygen atoms in total. The topological polar surface area (TPSA) is 109 Å². The average Bonchev–Trinajstić information content (AvgIpc) is 3.17. The summed E-state index contributed by atoms with van der Waals surface area (Å²) in [5, 5.41) is 2.49. The number of aromatic nitrogens is 2. The Morgan fingerprint density at radius 2 is 1.80 bits per heavy atom. The van der Waals surface area contributed by atoms with Crippen LogP contribution in [0.2, 0.25) is 0 Å². The van der Waals surface area contributed by atoms with Crippen LogP contribution in [-0.2, 0) is 9.59 Å². The van der Waals surface area contributed by atoms with E-state index >= 15 is 0 Å². The van der Waals surface area contributed by atoms with E-state index in [1.807, 2.05) is 13.0 Å². The van der Waals surface area contributed by atoms with Crippen molar-refractivity contribution in [3.8, 4) is 11.5 Å². The second kappa shape index (κ2) is 8.00. The summed E-state index contributed by atoms with van der Waals surface area (Å²) in [6.45, 7) is 1.89. The van der Waals surface area contributed by atoms with Gasteiger partial charge in [-0.05, 0) is 55.0 Å². The molecule has 0 radical (unpaired) electrons. The number of aryl methyl sites for hydroxylation is 1. The lowest BCUT2D eigenvalue weighted by atomic mass is 10.2. The predicted octanol–water partition coefficient (Wildman–Crippen LogP) is 3.42. The van der Waals surface area contributed by atoms with Crippen LogP contribution in [0.5, 0.6) is 0 Å². The lowest BCUT2D eigenvalue weighted by Crippen LogP contribution is -2.39. The maximum atomic E-state index is 13.1. The number of hydrazine groups is 1. The van der Waals surface area contributed by atoms with Crippen molar-refractivity contribution in [3.63, 3.8) is 0 Å². The zero-order valence-corrected chi connectivity index (χ0v) is 15.8. The standard InChI is InChI=1S/C21H16FN5O3/c1-12-2-9-18(23-11-12)26-27-20(29)19(28)24-15-7-8-16-17(10-15)30-21(25-16)13-3-5-14(22)6-4-13/h2-11H,1H3,(H,23,26)(H,24,28)(H,27,29). The highest BCUT2D eigenvalue weighted by atomic mass is 19.1. The number of amides is 2. The van der Waals surface area contributed by atoms with Gasteiger partial charge in [-0.3, -0.25) is 20.4 Å². The summed E-state index contributed by atoms with van der Waals surface area (Å²) < 4.78 is 18.8. The van der Waals surface area contributed by atoms with Gasteiger partial charge in [-0.1, -0.05) is 6.07 Å². The largest absolute Gasteiger partial charge is 0.436 e. The highest BCUT2D eigenvalue weighted by molar-refractivity contribution is 6.39. The fraction of sp³-hybridized carbons (Fsp3) is 0.0476. The van der Waals surface area contributed by atoms with E-state index in [4.69, 9.17) is 4.42 Å². The van der Waals surface area contributed by atoms with Crippen LogP contribution in [0, 0.1) is 12.7 Å². The zero-order chi connectivity index (χ0) is 21.1. The summed E-state index contributed by atoms with van der Waals surface area (Å²) in [5.41, 5.74) is 7.76. The summed E-state index contributed by atoms with van der Waals surface area (Å²) in [5.74, 6) is -1.39. The van der Waals surface area contributed by atoms with E-state index in [-0.39, 0.29) is 5.82 Å². The third-order valence-electron chi connectivity index (χ3n) is 4.16. The van der Waals surface area contributed by atoms with Gasteiger partial charge in [0.2, 0.25) is 5.89 Å². The number of nitrogens with zero attached hydrogens (tertiary/aromatic N) is 2. The molecule has 150 valence electrons. The first kappa shape index (κ1) is 19.1. The number of pyridine rings is 1. The molecule has 0 fully saturated rings. The molecule has 0 saturated heterocycles. The van der Waals surface area contributed by atoms with Gasteiger partial charge in [-0.2, -0.15) is 0 Å². The van der Waals surface area contributed by atoms with Gasteiger partial charge in [0, 0.05) is 23.5 Å². The summed E-state index contributed by atoms with van der Waals surface area (Å²) in [7, 11) is 0. The number of oxazole rings is 1. The third kappa shape index (κ3) is 4.25. The van der Waals surface area contributed by atoms with Crippen molar-refractivity contribution in [2.75, 3.05) is 10.7 Å². The van der Waals surface area contributed by atoms with Gasteiger partial charge in [0.05, 0.1) is 0 Å². The van der Waals surface area contributed by atoms with E-state index in [0.29, 0.717) is 34.1 Å². The van der Waals surface area contributed by atoms with Crippen LogP contribution >= 0.6 is 0 Å². The van der Waals surface area contributed by atoms with Gasteiger partial charge in [0.15, 0.2) is 5.58 Å². The zero-order valence-electron chi connectivity index (χ0n) is 15.8. The molecule has 3 N–H and O–H groups in total. The molecular weight excluding hydrogens is 389 g/mol. The van der Waals surface area contributed by atoms with E-state index in [9.17, 15) is 14.0 Å². The second-order valence-electron chi connectivity index (χ2n) is 6.46. The first-order chi connectivity index (χ1) is 14.5. The second-order valence-corrected chi connectivity index (χ2v) is 6.46.